The number of hydrogen-bond acceptors (Lipinski definition) is 8. The molecule has 4 heterocycles. The lowest BCUT2D eigenvalue weighted by Gasteiger charge is -2.36. The molecular weight excluding hydrogens is 354 g/mol. The van der Waals surface area contributed by atoms with Crippen molar-refractivity contribution >= 4 is 17.7 Å². The van der Waals surface area contributed by atoms with Crippen LogP contribution in [0.1, 0.15) is 32.6 Å². The van der Waals surface area contributed by atoms with Crippen LogP contribution in [0.5, 0.6) is 0 Å². The lowest BCUT2D eigenvalue weighted by Crippen LogP contribution is -2.44. The summed E-state index contributed by atoms with van der Waals surface area (Å²) in [6.07, 6.45) is 8.73. The van der Waals surface area contributed by atoms with Crippen molar-refractivity contribution in [3.63, 3.8) is 0 Å². The van der Waals surface area contributed by atoms with Crippen molar-refractivity contribution in [1.82, 2.24) is 19.9 Å². The Morgan fingerprint density at radius 2 is 1.82 bits per heavy atom. The molecule has 2 saturated heterocycles. The molecule has 8 nitrogen and oxygen atoms in total. The Hall–Kier alpha value is -2.48. The second kappa shape index (κ2) is 6.84. The molecule has 0 bridgehead atoms. The van der Waals surface area contributed by atoms with Gasteiger partial charge in [0.25, 0.3) is 0 Å². The Morgan fingerprint density at radius 3 is 2.50 bits per heavy atom. The first-order chi connectivity index (χ1) is 13.6. The fraction of sp³-hybridized carbons (Fsp3) is 0.600. The van der Waals surface area contributed by atoms with Gasteiger partial charge < -0.3 is 20.3 Å². The maximum absolute atomic E-state index is 5.66. The number of ether oxygens (including phenoxy) is 1. The van der Waals surface area contributed by atoms with Gasteiger partial charge >= 0.3 is 0 Å². The SMILES string of the molecule is C[C@H]1COCCN1c1cc(-c2cnc(N)nc2)nc(N2CCC3(CC2)CC3)n1. The summed E-state index contributed by atoms with van der Waals surface area (Å²) >= 11 is 0. The summed E-state index contributed by atoms with van der Waals surface area (Å²) in [4.78, 5) is 22.8. The molecule has 3 aliphatic rings. The Labute approximate surface area is 165 Å². The summed E-state index contributed by atoms with van der Waals surface area (Å²) in [5.74, 6) is 2.02. The van der Waals surface area contributed by atoms with Crippen molar-refractivity contribution in [2.75, 3.05) is 48.4 Å². The van der Waals surface area contributed by atoms with Crippen LogP contribution in [0.2, 0.25) is 0 Å². The van der Waals surface area contributed by atoms with E-state index in [-0.39, 0.29) is 12.0 Å². The second-order valence-electron chi connectivity index (χ2n) is 8.35. The third-order valence-electron chi connectivity index (χ3n) is 6.39. The third-order valence-corrected chi connectivity index (χ3v) is 6.39. The molecule has 0 aromatic carbocycles. The maximum Gasteiger partial charge on any atom is 0.227 e. The molecule has 28 heavy (non-hydrogen) atoms. The first-order valence-corrected chi connectivity index (χ1v) is 10.2. The molecule has 0 radical (unpaired) electrons. The highest BCUT2D eigenvalue weighted by molar-refractivity contribution is 5.64. The number of hydrogen-bond donors (Lipinski definition) is 1. The topological polar surface area (TPSA) is 93.3 Å². The molecule has 5 rings (SSSR count). The lowest BCUT2D eigenvalue weighted by molar-refractivity contribution is 0.0985. The normalized spacial score (nSPS) is 23.8. The maximum atomic E-state index is 5.66. The molecule has 0 unspecified atom stereocenters. The number of anilines is 3. The molecule has 2 aliphatic heterocycles. The average Bonchev–Trinajstić information content (AvgIpc) is 3.48. The fourth-order valence-corrected chi connectivity index (χ4v) is 4.25. The van der Waals surface area contributed by atoms with Gasteiger partial charge in [-0.3, -0.25) is 0 Å². The van der Waals surface area contributed by atoms with Gasteiger partial charge in [-0.25, -0.2) is 15.0 Å². The number of nitrogens with zero attached hydrogens (tertiary/aromatic N) is 6. The predicted octanol–water partition coefficient (Wildman–Crippen LogP) is 2.12. The molecule has 2 N–H and O–H groups in total. The Kier molecular flexibility index (Phi) is 4.30. The minimum Gasteiger partial charge on any atom is -0.377 e. The third kappa shape index (κ3) is 3.37. The molecule has 1 saturated carbocycles. The van der Waals surface area contributed by atoms with E-state index in [0.29, 0.717) is 12.0 Å². The van der Waals surface area contributed by atoms with Gasteiger partial charge in [0.2, 0.25) is 11.9 Å². The Balaban J connectivity index is 1.50. The van der Waals surface area contributed by atoms with Gasteiger partial charge in [-0.15, -0.1) is 0 Å². The molecular formula is C20H27N7O. The van der Waals surface area contributed by atoms with Crippen molar-refractivity contribution in [3.8, 4) is 11.3 Å². The van der Waals surface area contributed by atoms with Gasteiger partial charge in [0.05, 0.1) is 24.9 Å². The van der Waals surface area contributed by atoms with Gasteiger partial charge in [-0.2, -0.15) is 4.98 Å². The van der Waals surface area contributed by atoms with Crippen LogP contribution in [0.15, 0.2) is 18.5 Å². The van der Waals surface area contributed by atoms with E-state index in [4.69, 9.17) is 20.4 Å². The monoisotopic (exact) mass is 381 g/mol. The van der Waals surface area contributed by atoms with E-state index in [1.165, 1.54) is 25.7 Å². The van der Waals surface area contributed by atoms with Crippen molar-refractivity contribution < 1.29 is 4.74 Å². The molecule has 148 valence electrons. The van der Waals surface area contributed by atoms with Crippen LogP contribution < -0.4 is 15.5 Å². The summed E-state index contributed by atoms with van der Waals surface area (Å²) in [5.41, 5.74) is 7.98. The zero-order valence-electron chi connectivity index (χ0n) is 16.3. The van der Waals surface area contributed by atoms with Crippen LogP contribution in [0.25, 0.3) is 11.3 Å². The van der Waals surface area contributed by atoms with Crippen LogP contribution in [0.3, 0.4) is 0 Å². The second-order valence-corrected chi connectivity index (χ2v) is 8.35. The van der Waals surface area contributed by atoms with Crippen molar-refractivity contribution in [1.29, 1.82) is 0 Å². The highest BCUT2D eigenvalue weighted by atomic mass is 16.5. The van der Waals surface area contributed by atoms with Gasteiger partial charge in [0, 0.05) is 43.7 Å². The van der Waals surface area contributed by atoms with Crippen molar-refractivity contribution in [3.05, 3.63) is 18.5 Å². The molecule has 8 heteroatoms. The van der Waals surface area contributed by atoms with E-state index >= 15 is 0 Å². The standard InChI is InChI=1S/C20H27N7O/c1-14-13-28-9-8-27(14)17-10-16(15-11-22-18(21)23-12-15)24-19(25-17)26-6-4-20(2-3-20)5-7-26/h10-12,14H,2-9,13H2,1H3,(H2,21,22,23)/t14-/m0/s1. The van der Waals surface area contributed by atoms with Gasteiger partial charge in [0.15, 0.2) is 0 Å². The van der Waals surface area contributed by atoms with E-state index in [1.807, 2.05) is 6.07 Å². The number of morpholine rings is 1. The summed E-state index contributed by atoms with van der Waals surface area (Å²) in [6, 6.07) is 2.31. The smallest absolute Gasteiger partial charge is 0.227 e. The van der Waals surface area contributed by atoms with Crippen LogP contribution in [0.4, 0.5) is 17.7 Å². The summed E-state index contributed by atoms with van der Waals surface area (Å²) < 4.78 is 5.61. The van der Waals surface area contributed by atoms with Gasteiger partial charge in [-0.05, 0) is 38.0 Å². The highest BCUT2D eigenvalue weighted by Gasteiger charge is 2.44. The zero-order chi connectivity index (χ0) is 19.1. The minimum atomic E-state index is 0.269. The molecule has 3 fully saturated rings. The zero-order valence-corrected chi connectivity index (χ0v) is 16.3. The first kappa shape index (κ1) is 17.6. The molecule has 2 aromatic rings. The van der Waals surface area contributed by atoms with Crippen molar-refractivity contribution in [2.24, 2.45) is 5.41 Å². The molecule has 1 aliphatic carbocycles. The quantitative estimate of drug-likeness (QED) is 0.864. The van der Waals surface area contributed by atoms with Crippen LogP contribution in [-0.2, 0) is 4.74 Å². The van der Waals surface area contributed by atoms with E-state index in [9.17, 15) is 0 Å². The summed E-state index contributed by atoms with van der Waals surface area (Å²) in [7, 11) is 0. The van der Waals surface area contributed by atoms with Crippen LogP contribution in [0, 0.1) is 5.41 Å². The van der Waals surface area contributed by atoms with Crippen LogP contribution in [-0.4, -0.2) is 58.8 Å². The van der Waals surface area contributed by atoms with Gasteiger partial charge in [-0.1, -0.05) is 0 Å². The van der Waals surface area contributed by atoms with E-state index in [1.54, 1.807) is 12.4 Å². The Morgan fingerprint density at radius 1 is 1.07 bits per heavy atom. The molecule has 1 spiro atoms. The largest absolute Gasteiger partial charge is 0.377 e. The lowest BCUT2D eigenvalue weighted by atomic mass is 9.94. The number of rotatable bonds is 3. The molecule has 1 atom stereocenters. The molecule has 2 aromatic heterocycles. The number of aromatic nitrogens is 4. The minimum absolute atomic E-state index is 0.269. The van der Waals surface area contributed by atoms with E-state index < -0.39 is 0 Å². The average molecular weight is 381 g/mol. The number of nitrogens with two attached hydrogens (primary N) is 1. The number of piperidine rings is 1. The summed E-state index contributed by atoms with van der Waals surface area (Å²) in [6.45, 7) is 6.49. The van der Waals surface area contributed by atoms with Crippen LogP contribution >= 0.6 is 0 Å². The first-order valence-electron chi connectivity index (χ1n) is 10.2. The van der Waals surface area contributed by atoms with E-state index in [0.717, 1.165) is 49.3 Å². The predicted molar refractivity (Wildman–Crippen MR) is 108 cm³/mol. The summed E-state index contributed by atoms with van der Waals surface area (Å²) in [5, 5.41) is 0. The van der Waals surface area contributed by atoms with Gasteiger partial charge in [0.1, 0.15) is 5.82 Å². The van der Waals surface area contributed by atoms with E-state index in [2.05, 4.69) is 26.7 Å². The molecule has 0 amide bonds. The van der Waals surface area contributed by atoms with Crippen molar-refractivity contribution in [2.45, 2.75) is 38.6 Å². The fourth-order valence-electron chi connectivity index (χ4n) is 4.25. The number of nitrogen functional groups attached to an aromatic ring is 1. The Bertz CT molecular complexity index is 842. The highest BCUT2D eigenvalue weighted by Crippen LogP contribution is 2.53.